The fourth-order valence-corrected chi connectivity index (χ4v) is 5.37. The van der Waals surface area contributed by atoms with Gasteiger partial charge in [-0.15, -0.1) is 0 Å². The lowest BCUT2D eigenvalue weighted by Crippen LogP contribution is -2.47. The molecular weight excluding hydrogens is 442 g/mol. The van der Waals surface area contributed by atoms with E-state index in [1.807, 2.05) is 7.05 Å². The number of nitrogens with one attached hydrogen (secondary N) is 1. The third kappa shape index (κ3) is 4.29. The predicted octanol–water partition coefficient (Wildman–Crippen LogP) is 1.46. The molecule has 4 rings (SSSR count). The third-order valence-electron chi connectivity index (χ3n) is 5.50. The zero-order valence-corrected chi connectivity index (χ0v) is 18.4. The number of halogens is 1. The molecule has 0 bridgehead atoms. The van der Waals surface area contributed by atoms with Crippen LogP contribution in [0, 0.1) is 0 Å². The highest BCUT2D eigenvalue weighted by molar-refractivity contribution is 7.89. The Hall–Kier alpha value is -2.53. The molecule has 1 saturated heterocycles. The van der Waals surface area contributed by atoms with Crippen molar-refractivity contribution in [1.29, 1.82) is 0 Å². The molecule has 1 aromatic heterocycles. The highest BCUT2D eigenvalue weighted by Gasteiger charge is 2.28. The minimum Gasteiger partial charge on any atom is -0.507 e. The summed E-state index contributed by atoms with van der Waals surface area (Å²) in [5.74, 6) is -0.544. The molecule has 0 unspecified atom stereocenters. The number of hydrogen-bond donors (Lipinski definition) is 2. The predicted molar refractivity (Wildman–Crippen MR) is 116 cm³/mol. The van der Waals surface area contributed by atoms with Gasteiger partial charge >= 0.3 is 0 Å². The van der Waals surface area contributed by atoms with Crippen LogP contribution in [0.4, 0.5) is 0 Å². The molecule has 9 nitrogen and oxygen atoms in total. The smallest absolute Gasteiger partial charge is 0.272 e. The Morgan fingerprint density at radius 3 is 2.68 bits per heavy atom. The van der Waals surface area contributed by atoms with Crippen molar-refractivity contribution >= 4 is 33.2 Å². The number of carbonyl (C=O) groups is 1. The Balaban J connectivity index is 1.53. The molecule has 31 heavy (non-hydrogen) atoms. The van der Waals surface area contributed by atoms with Crippen molar-refractivity contribution in [2.45, 2.75) is 17.7 Å². The number of fused-ring (bicyclic) bond motifs is 1. The topological polar surface area (TPSA) is 115 Å². The number of aromatic hydroxyl groups is 1. The van der Waals surface area contributed by atoms with E-state index >= 15 is 0 Å². The number of amides is 1. The summed E-state index contributed by atoms with van der Waals surface area (Å²) in [6, 6.07) is 4.41. The molecule has 2 aromatic rings. The average Bonchev–Trinajstić information content (AvgIpc) is 3.20. The minimum absolute atomic E-state index is 0.0343. The number of piperazine rings is 1. The van der Waals surface area contributed by atoms with Gasteiger partial charge in [0.2, 0.25) is 10.0 Å². The van der Waals surface area contributed by atoms with Gasteiger partial charge in [-0.25, -0.2) is 13.8 Å². The molecule has 1 aromatic carbocycles. The summed E-state index contributed by atoms with van der Waals surface area (Å²) < 4.78 is 27.2. The van der Waals surface area contributed by atoms with E-state index in [0.717, 1.165) is 5.56 Å². The fourth-order valence-electron chi connectivity index (χ4n) is 3.70. The Kier molecular flexibility index (Phi) is 5.98. The number of likely N-dealkylation sites (N-methyl/N-ethyl adjacent to an activating group) is 1. The molecule has 1 fully saturated rings. The number of aromatic nitrogens is 1. The van der Waals surface area contributed by atoms with Crippen LogP contribution in [-0.2, 0) is 16.4 Å². The van der Waals surface area contributed by atoms with Gasteiger partial charge in [0.25, 0.3) is 5.91 Å². The van der Waals surface area contributed by atoms with Crippen LogP contribution in [0.1, 0.15) is 27.9 Å². The third-order valence-corrected chi connectivity index (χ3v) is 7.72. The normalized spacial score (nSPS) is 18.8. The molecule has 164 valence electrons. The van der Waals surface area contributed by atoms with Crippen molar-refractivity contribution in [3.8, 4) is 5.75 Å². The van der Waals surface area contributed by atoms with Crippen molar-refractivity contribution < 1.29 is 18.3 Å². The van der Waals surface area contributed by atoms with Crippen LogP contribution in [0.3, 0.4) is 0 Å². The molecule has 0 spiro atoms. The maximum absolute atomic E-state index is 12.9. The second-order valence-corrected chi connectivity index (χ2v) is 9.88. The van der Waals surface area contributed by atoms with Crippen LogP contribution >= 0.6 is 11.6 Å². The monoisotopic (exact) mass is 463 g/mol. The lowest BCUT2D eigenvalue weighted by molar-refractivity contribution is 0.0954. The highest BCUT2D eigenvalue weighted by atomic mass is 35.5. The summed E-state index contributed by atoms with van der Waals surface area (Å²) in [7, 11) is -1.80. The standard InChI is InChI=1S/C20H22ClN5O4S/c1-25-6-8-26(9-7-25)31(29,30)14-10-13(11-22-12-14)20(28)24-23-17-4-2-15-16(21)3-5-18(27)19(15)17/h3,5,10-12,27H,2,4,6-9H2,1H3,(H,24,28)/b23-17+. The maximum Gasteiger partial charge on any atom is 0.272 e. The van der Waals surface area contributed by atoms with Crippen molar-refractivity contribution in [1.82, 2.24) is 19.6 Å². The van der Waals surface area contributed by atoms with Crippen LogP contribution in [0.2, 0.25) is 5.02 Å². The second-order valence-electron chi connectivity index (χ2n) is 7.54. The van der Waals surface area contributed by atoms with Gasteiger partial charge in [-0.3, -0.25) is 9.78 Å². The van der Waals surface area contributed by atoms with Gasteiger partial charge in [0, 0.05) is 49.2 Å². The number of hydrogen-bond acceptors (Lipinski definition) is 7. The summed E-state index contributed by atoms with van der Waals surface area (Å²) >= 11 is 6.17. The van der Waals surface area contributed by atoms with Gasteiger partial charge in [0.15, 0.2) is 0 Å². The zero-order chi connectivity index (χ0) is 22.2. The second kappa shape index (κ2) is 8.54. The Bertz CT molecular complexity index is 1160. The van der Waals surface area contributed by atoms with Crippen LogP contribution < -0.4 is 5.43 Å². The number of phenols is 1. The van der Waals surface area contributed by atoms with E-state index in [1.54, 1.807) is 6.07 Å². The summed E-state index contributed by atoms with van der Waals surface area (Å²) in [5, 5.41) is 14.8. The molecule has 2 N–H and O–H groups in total. The molecule has 0 atom stereocenters. The van der Waals surface area contributed by atoms with Crippen molar-refractivity contribution in [3.63, 3.8) is 0 Å². The number of phenolic OH excluding ortho intramolecular Hbond substituents is 1. The number of hydrazone groups is 1. The van der Waals surface area contributed by atoms with Gasteiger partial charge in [0.1, 0.15) is 10.6 Å². The minimum atomic E-state index is -3.74. The first kappa shape index (κ1) is 21.7. The molecule has 0 radical (unpaired) electrons. The van der Waals surface area contributed by atoms with Crippen LogP contribution in [-0.4, -0.2) is 72.6 Å². The molecule has 1 amide bonds. The first-order valence-electron chi connectivity index (χ1n) is 9.78. The van der Waals surface area contributed by atoms with E-state index in [0.29, 0.717) is 55.3 Å². The zero-order valence-electron chi connectivity index (χ0n) is 16.9. The van der Waals surface area contributed by atoms with Crippen LogP contribution in [0.15, 0.2) is 40.6 Å². The first-order chi connectivity index (χ1) is 14.8. The Morgan fingerprint density at radius 1 is 1.19 bits per heavy atom. The molecule has 0 saturated carbocycles. The van der Waals surface area contributed by atoms with E-state index in [2.05, 4.69) is 20.4 Å². The van der Waals surface area contributed by atoms with E-state index < -0.39 is 15.9 Å². The van der Waals surface area contributed by atoms with E-state index in [4.69, 9.17) is 11.6 Å². The van der Waals surface area contributed by atoms with Gasteiger partial charge in [0.05, 0.1) is 11.3 Å². The van der Waals surface area contributed by atoms with E-state index in [-0.39, 0.29) is 16.2 Å². The van der Waals surface area contributed by atoms with Gasteiger partial charge in [-0.1, -0.05) is 11.6 Å². The van der Waals surface area contributed by atoms with Crippen molar-refractivity contribution in [3.05, 3.63) is 52.3 Å². The summed E-state index contributed by atoms with van der Waals surface area (Å²) in [5.41, 5.74) is 4.33. The number of sulfonamides is 1. The van der Waals surface area contributed by atoms with Crippen molar-refractivity contribution in [2.75, 3.05) is 33.2 Å². The van der Waals surface area contributed by atoms with E-state index in [1.165, 1.54) is 28.8 Å². The van der Waals surface area contributed by atoms with Gasteiger partial charge < -0.3 is 10.0 Å². The maximum atomic E-state index is 12.9. The largest absolute Gasteiger partial charge is 0.507 e. The Morgan fingerprint density at radius 2 is 1.94 bits per heavy atom. The SMILES string of the molecule is CN1CCN(S(=O)(=O)c2cncc(C(=O)N/N=C3\CCc4c(Cl)ccc(O)c43)c2)CC1. The first-order valence-corrected chi connectivity index (χ1v) is 11.6. The van der Waals surface area contributed by atoms with Crippen LogP contribution in [0.25, 0.3) is 0 Å². The summed E-state index contributed by atoms with van der Waals surface area (Å²) in [4.78, 5) is 18.6. The van der Waals surface area contributed by atoms with Crippen molar-refractivity contribution in [2.24, 2.45) is 5.10 Å². The molecule has 1 aliphatic heterocycles. The van der Waals surface area contributed by atoms with E-state index in [9.17, 15) is 18.3 Å². The quantitative estimate of drug-likeness (QED) is 0.663. The van der Waals surface area contributed by atoms with Crippen LogP contribution in [0.5, 0.6) is 5.75 Å². The summed E-state index contributed by atoms with van der Waals surface area (Å²) in [6.07, 6.45) is 3.65. The number of benzene rings is 1. The Labute approximate surface area is 185 Å². The highest BCUT2D eigenvalue weighted by Crippen LogP contribution is 2.35. The van der Waals surface area contributed by atoms with Gasteiger partial charge in [-0.2, -0.15) is 9.41 Å². The molecular formula is C20H22ClN5O4S. The summed E-state index contributed by atoms with van der Waals surface area (Å²) in [6.45, 7) is 2.05. The molecule has 2 heterocycles. The van der Waals surface area contributed by atoms with Gasteiger partial charge in [-0.05, 0) is 43.7 Å². The lowest BCUT2D eigenvalue weighted by atomic mass is 10.1. The number of pyridine rings is 1. The number of nitrogens with zero attached hydrogens (tertiary/aromatic N) is 4. The number of carbonyl (C=O) groups excluding carboxylic acids is 1. The number of rotatable bonds is 4. The fraction of sp³-hybridized carbons (Fsp3) is 0.350. The average molecular weight is 464 g/mol. The molecule has 11 heteroatoms. The molecule has 2 aliphatic rings. The molecule has 1 aliphatic carbocycles. The lowest BCUT2D eigenvalue weighted by Gasteiger charge is -2.31.